The summed E-state index contributed by atoms with van der Waals surface area (Å²) in [6.07, 6.45) is 2.04. The number of hydrogen-bond donors (Lipinski definition) is 1. The van der Waals surface area contributed by atoms with Crippen LogP contribution in [0, 0.1) is 23.1 Å². The van der Waals surface area contributed by atoms with Gasteiger partial charge in [0, 0.05) is 19.8 Å². The predicted molar refractivity (Wildman–Crippen MR) is 63.1 cm³/mol. The van der Waals surface area contributed by atoms with Gasteiger partial charge in [-0.3, -0.25) is 0 Å². The Morgan fingerprint density at radius 2 is 2.18 bits per heavy atom. The minimum absolute atomic E-state index is 0.346. The highest BCUT2D eigenvalue weighted by Gasteiger charge is 2.14. The lowest BCUT2D eigenvalue weighted by molar-refractivity contribution is 0.0699. The van der Waals surface area contributed by atoms with Crippen LogP contribution in [-0.4, -0.2) is 19.8 Å². The zero-order valence-corrected chi connectivity index (χ0v) is 9.58. The molecule has 1 aliphatic rings. The average Bonchev–Trinajstić information content (AvgIpc) is 2.38. The minimum Gasteiger partial charge on any atom is -0.382 e. The number of hydrogen-bond acceptors (Lipinski definition) is 3. The molecule has 0 saturated carbocycles. The first-order valence-corrected chi connectivity index (χ1v) is 5.81. The molecule has 1 aromatic rings. The van der Waals surface area contributed by atoms with Crippen molar-refractivity contribution in [3.63, 3.8) is 0 Å². The zero-order chi connectivity index (χ0) is 12.1. The predicted octanol–water partition coefficient (Wildman–Crippen LogP) is 2.54. The van der Waals surface area contributed by atoms with E-state index < -0.39 is 0 Å². The molecule has 17 heavy (non-hydrogen) atoms. The molecule has 0 bridgehead atoms. The van der Waals surface area contributed by atoms with E-state index in [0.717, 1.165) is 32.6 Å². The SMILES string of the molecule is N#Cc1ccc(NCC2CCOCC2)c(F)c1. The highest BCUT2D eigenvalue weighted by Crippen LogP contribution is 2.19. The van der Waals surface area contributed by atoms with Gasteiger partial charge in [-0.2, -0.15) is 5.26 Å². The summed E-state index contributed by atoms with van der Waals surface area (Å²) in [5.41, 5.74) is 0.814. The van der Waals surface area contributed by atoms with Crippen molar-refractivity contribution < 1.29 is 9.13 Å². The Bertz CT molecular complexity index is 422. The highest BCUT2D eigenvalue weighted by atomic mass is 19.1. The summed E-state index contributed by atoms with van der Waals surface area (Å²) in [5.74, 6) is 0.176. The van der Waals surface area contributed by atoms with Crippen molar-refractivity contribution in [3.8, 4) is 6.07 Å². The van der Waals surface area contributed by atoms with Crippen LogP contribution in [0.4, 0.5) is 10.1 Å². The molecule has 0 aliphatic carbocycles. The summed E-state index contributed by atoms with van der Waals surface area (Å²) in [5, 5.41) is 11.7. The minimum atomic E-state index is -0.365. The van der Waals surface area contributed by atoms with Crippen molar-refractivity contribution in [3.05, 3.63) is 29.6 Å². The lowest BCUT2D eigenvalue weighted by atomic mass is 10.0. The molecular formula is C13H15FN2O. The molecule has 1 aliphatic heterocycles. The number of anilines is 1. The van der Waals surface area contributed by atoms with E-state index in [2.05, 4.69) is 5.32 Å². The Morgan fingerprint density at radius 1 is 1.41 bits per heavy atom. The summed E-state index contributed by atoms with van der Waals surface area (Å²) in [6, 6.07) is 6.41. The number of rotatable bonds is 3. The molecule has 1 fully saturated rings. The lowest BCUT2D eigenvalue weighted by Gasteiger charge is -2.22. The van der Waals surface area contributed by atoms with Crippen molar-refractivity contribution in [2.45, 2.75) is 12.8 Å². The average molecular weight is 234 g/mol. The molecule has 0 spiro atoms. The second-order valence-electron chi connectivity index (χ2n) is 4.24. The summed E-state index contributed by atoms with van der Waals surface area (Å²) >= 11 is 0. The fourth-order valence-electron chi connectivity index (χ4n) is 1.93. The van der Waals surface area contributed by atoms with E-state index in [1.165, 1.54) is 6.07 Å². The topological polar surface area (TPSA) is 45.0 Å². The van der Waals surface area contributed by atoms with Crippen molar-refractivity contribution in [2.24, 2.45) is 5.92 Å². The van der Waals surface area contributed by atoms with E-state index in [-0.39, 0.29) is 5.82 Å². The Hall–Kier alpha value is -1.60. The quantitative estimate of drug-likeness (QED) is 0.874. The van der Waals surface area contributed by atoms with Gasteiger partial charge in [-0.25, -0.2) is 4.39 Å². The molecule has 3 nitrogen and oxygen atoms in total. The first-order chi connectivity index (χ1) is 8.29. The van der Waals surface area contributed by atoms with Gasteiger partial charge in [-0.15, -0.1) is 0 Å². The Kier molecular flexibility index (Phi) is 3.94. The van der Waals surface area contributed by atoms with Gasteiger partial charge in [0.1, 0.15) is 5.82 Å². The molecule has 1 aromatic carbocycles. The van der Waals surface area contributed by atoms with Crippen LogP contribution in [0.25, 0.3) is 0 Å². The van der Waals surface area contributed by atoms with Crippen LogP contribution in [0.3, 0.4) is 0 Å². The normalized spacial score (nSPS) is 16.5. The molecule has 0 radical (unpaired) electrons. The maximum absolute atomic E-state index is 13.6. The number of benzene rings is 1. The van der Waals surface area contributed by atoms with Gasteiger partial charge in [0.25, 0.3) is 0 Å². The van der Waals surface area contributed by atoms with Crippen molar-refractivity contribution in [1.29, 1.82) is 5.26 Å². The van der Waals surface area contributed by atoms with E-state index in [0.29, 0.717) is 17.2 Å². The van der Waals surface area contributed by atoms with E-state index in [9.17, 15) is 4.39 Å². The lowest BCUT2D eigenvalue weighted by Crippen LogP contribution is -2.22. The second-order valence-corrected chi connectivity index (χ2v) is 4.24. The van der Waals surface area contributed by atoms with E-state index >= 15 is 0 Å². The Labute approximate surface area is 100 Å². The summed E-state index contributed by atoms with van der Waals surface area (Å²) < 4.78 is 18.8. The van der Waals surface area contributed by atoms with Crippen LogP contribution >= 0.6 is 0 Å². The summed E-state index contributed by atoms with van der Waals surface area (Å²) in [7, 11) is 0. The largest absolute Gasteiger partial charge is 0.382 e. The number of nitrogens with zero attached hydrogens (tertiary/aromatic N) is 1. The van der Waals surface area contributed by atoms with Crippen LogP contribution < -0.4 is 5.32 Å². The van der Waals surface area contributed by atoms with Crippen molar-refractivity contribution >= 4 is 5.69 Å². The second kappa shape index (κ2) is 5.65. The Morgan fingerprint density at radius 3 is 2.82 bits per heavy atom. The van der Waals surface area contributed by atoms with E-state index in [4.69, 9.17) is 10.00 Å². The van der Waals surface area contributed by atoms with Gasteiger partial charge in [-0.1, -0.05) is 0 Å². The molecule has 2 rings (SSSR count). The van der Waals surface area contributed by atoms with Crippen LogP contribution in [0.1, 0.15) is 18.4 Å². The standard InChI is InChI=1S/C13H15FN2O/c14-12-7-11(8-15)1-2-13(12)16-9-10-3-5-17-6-4-10/h1-2,7,10,16H,3-6,9H2. The molecule has 0 amide bonds. The van der Waals surface area contributed by atoms with E-state index in [1.807, 2.05) is 6.07 Å². The molecule has 1 N–H and O–H groups in total. The van der Waals surface area contributed by atoms with Gasteiger partial charge in [-0.05, 0) is 37.0 Å². The monoisotopic (exact) mass is 234 g/mol. The molecule has 1 saturated heterocycles. The molecule has 1 heterocycles. The molecule has 90 valence electrons. The fourth-order valence-corrected chi connectivity index (χ4v) is 1.93. The molecular weight excluding hydrogens is 219 g/mol. The molecule has 0 atom stereocenters. The zero-order valence-electron chi connectivity index (χ0n) is 9.58. The maximum atomic E-state index is 13.6. The molecule has 0 unspecified atom stereocenters. The smallest absolute Gasteiger partial charge is 0.147 e. The summed E-state index contributed by atoms with van der Waals surface area (Å²) in [6.45, 7) is 2.34. The van der Waals surface area contributed by atoms with E-state index in [1.54, 1.807) is 12.1 Å². The molecule has 4 heteroatoms. The fraction of sp³-hybridized carbons (Fsp3) is 0.462. The van der Waals surface area contributed by atoms with Crippen LogP contribution in [0.15, 0.2) is 18.2 Å². The summed E-state index contributed by atoms with van der Waals surface area (Å²) in [4.78, 5) is 0. The van der Waals surface area contributed by atoms with Gasteiger partial charge >= 0.3 is 0 Å². The van der Waals surface area contributed by atoms with Crippen LogP contribution in [-0.2, 0) is 4.74 Å². The third-order valence-corrected chi connectivity index (χ3v) is 3.02. The third kappa shape index (κ3) is 3.18. The van der Waals surface area contributed by atoms with Crippen LogP contribution in [0.5, 0.6) is 0 Å². The Balaban J connectivity index is 1.92. The first-order valence-electron chi connectivity index (χ1n) is 5.81. The van der Waals surface area contributed by atoms with Crippen molar-refractivity contribution in [1.82, 2.24) is 0 Å². The highest BCUT2D eigenvalue weighted by molar-refractivity contribution is 5.48. The number of nitriles is 1. The molecule has 0 aromatic heterocycles. The van der Waals surface area contributed by atoms with Gasteiger partial charge in [0.15, 0.2) is 0 Å². The first kappa shape index (κ1) is 11.9. The van der Waals surface area contributed by atoms with Gasteiger partial charge in [0.05, 0.1) is 17.3 Å². The maximum Gasteiger partial charge on any atom is 0.147 e. The van der Waals surface area contributed by atoms with Gasteiger partial charge in [0.2, 0.25) is 0 Å². The van der Waals surface area contributed by atoms with Gasteiger partial charge < -0.3 is 10.1 Å². The van der Waals surface area contributed by atoms with Crippen molar-refractivity contribution in [2.75, 3.05) is 25.1 Å². The number of nitrogens with one attached hydrogen (secondary N) is 1. The number of halogens is 1. The number of ether oxygens (including phenoxy) is 1. The van der Waals surface area contributed by atoms with Crippen LogP contribution in [0.2, 0.25) is 0 Å². The third-order valence-electron chi connectivity index (χ3n) is 3.02.